The van der Waals surface area contributed by atoms with Crippen LogP contribution in [0.15, 0.2) is 29.2 Å². The number of nitrogens with zero attached hydrogens (tertiary/aromatic N) is 1. The molecule has 0 saturated carbocycles. The normalized spacial score (nSPS) is 21.3. The highest BCUT2D eigenvalue weighted by molar-refractivity contribution is 8.18. The number of hydrogen-bond acceptors (Lipinski definition) is 5. The van der Waals surface area contributed by atoms with Crippen molar-refractivity contribution in [2.24, 2.45) is 0 Å². The Hall–Kier alpha value is -1.83. The summed E-state index contributed by atoms with van der Waals surface area (Å²) in [7, 11) is 1.60. The van der Waals surface area contributed by atoms with Gasteiger partial charge in [-0.1, -0.05) is 12.1 Å². The summed E-state index contributed by atoms with van der Waals surface area (Å²) in [6, 6.07) is 7.41. The summed E-state index contributed by atoms with van der Waals surface area (Å²) >= 11 is 0.992. The van der Waals surface area contributed by atoms with Crippen molar-refractivity contribution >= 4 is 29.0 Å². The van der Waals surface area contributed by atoms with Gasteiger partial charge >= 0.3 is 0 Å². The van der Waals surface area contributed by atoms with Crippen molar-refractivity contribution in [1.82, 2.24) is 4.90 Å². The lowest BCUT2D eigenvalue weighted by Crippen LogP contribution is -3.15. The van der Waals surface area contributed by atoms with Crippen LogP contribution in [0.2, 0.25) is 0 Å². The molecule has 122 valence electrons. The van der Waals surface area contributed by atoms with Crippen molar-refractivity contribution in [3.8, 4) is 5.75 Å². The Bertz CT molecular complexity index is 641. The molecule has 0 spiro atoms. The molecular weight excluding hydrogens is 316 g/mol. The molecular formula is C16H19N2O4S+. The summed E-state index contributed by atoms with van der Waals surface area (Å²) in [6.07, 6.45) is 1.74. The van der Waals surface area contributed by atoms with Gasteiger partial charge in [-0.3, -0.25) is 9.59 Å². The Kier molecular flexibility index (Phi) is 5.00. The molecule has 1 aromatic rings. The molecule has 3 rings (SSSR count). The fraction of sp³-hybridized carbons (Fsp3) is 0.375. The Labute approximate surface area is 139 Å². The Balaban J connectivity index is 1.73. The lowest BCUT2D eigenvalue weighted by molar-refractivity contribution is -0.915. The maximum absolute atomic E-state index is 12.5. The Morgan fingerprint density at radius 3 is 2.87 bits per heavy atom. The Morgan fingerprint density at radius 1 is 1.35 bits per heavy atom. The zero-order valence-corrected chi connectivity index (χ0v) is 13.7. The standard InChI is InChI=1S/C16H18N2O4S/c1-21-13-4-2-3-12(9-13)10-14-15(19)18(16(20)23-14)11-17-5-7-22-8-6-17/h2-4,9-10H,5-8,11H2,1H3/p+1/b14-10-. The van der Waals surface area contributed by atoms with E-state index >= 15 is 0 Å². The molecule has 2 aliphatic heterocycles. The van der Waals surface area contributed by atoms with Crippen LogP contribution in [0, 0.1) is 0 Å². The number of carbonyl (C=O) groups is 2. The number of nitrogens with one attached hydrogen (secondary N) is 1. The van der Waals surface area contributed by atoms with Gasteiger partial charge in [0.25, 0.3) is 11.1 Å². The van der Waals surface area contributed by atoms with Gasteiger partial charge in [0.15, 0.2) is 6.67 Å². The van der Waals surface area contributed by atoms with E-state index in [4.69, 9.17) is 9.47 Å². The molecule has 2 saturated heterocycles. The van der Waals surface area contributed by atoms with Crippen molar-refractivity contribution in [3.05, 3.63) is 34.7 Å². The van der Waals surface area contributed by atoms with E-state index in [-0.39, 0.29) is 11.1 Å². The number of benzene rings is 1. The zero-order chi connectivity index (χ0) is 16.2. The molecule has 6 nitrogen and oxygen atoms in total. The molecule has 0 atom stereocenters. The lowest BCUT2D eigenvalue weighted by atomic mass is 10.2. The zero-order valence-electron chi connectivity index (χ0n) is 12.9. The maximum atomic E-state index is 12.5. The average molecular weight is 335 g/mol. The van der Waals surface area contributed by atoms with Gasteiger partial charge in [0.2, 0.25) is 0 Å². The summed E-state index contributed by atoms with van der Waals surface area (Å²) in [4.78, 5) is 27.6. The van der Waals surface area contributed by atoms with Gasteiger partial charge in [-0.25, -0.2) is 4.90 Å². The smallest absolute Gasteiger partial charge is 0.298 e. The number of imide groups is 1. The third kappa shape index (κ3) is 3.74. The van der Waals surface area contributed by atoms with E-state index in [0.29, 0.717) is 24.8 Å². The van der Waals surface area contributed by atoms with Crippen molar-refractivity contribution in [1.29, 1.82) is 0 Å². The van der Waals surface area contributed by atoms with Crippen LogP contribution in [0.1, 0.15) is 5.56 Å². The third-order valence-corrected chi connectivity index (χ3v) is 4.75. The minimum Gasteiger partial charge on any atom is -0.497 e. The van der Waals surface area contributed by atoms with E-state index in [1.54, 1.807) is 13.2 Å². The van der Waals surface area contributed by atoms with E-state index in [2.05, 4.69) is 0 Å². The molecule has 2 amide bonds. The first-order chi connectivity index (χ1) is 11.2. The number of methoxy groups -OCH3 is 1. The largest absolute Gasteiger partial charge is 0.497 e. The van der Waals surface area contributed by atoms with Crippen LogP contribution in [0.3, 0.4) is 0 Å². The molecule has 0 unspecified atom stereocenters. The maximum Gasteiger partial charge on any atom is 0.298 e. The molecule has 2 fully saturated rings. The Morgan fingerprint density at radius 2 is 2.13 bits per heavy atom. The predicted molar refractivity (Wildman–Crippen MR) is 87.2 cm³/mol. The second kappa shape index (κ2) is 7.16. The highest BCUT2D eigenvalue weighted by atomic mass is 32.2. The van der Waals surface area contributed by atoms with E-state index in [1.807, 2.05) is 24.3 Å². The van der Waals surface area contributed by atoms with Crippen molar-refractivity contribution < 1.29 is 24.0 Å². The second-order valence-corrected chi connectivity index (χ2v) is 6.40. The molecule has 0 radical (unpaired) electrons. The molecule has 2 aliphatic rings. The van der Waals surface area contributed by atoms with Crippen LogP contribution in [0.4, 0.5) is 4.79 Å². The molecule has 1 aromatic carbocycles. The van der Waals surface area contributed by atoms with E-state index in [0.717, 1.165) is 36.2 Å². The van der Waals surface area contributed by atoms with Crippen LogP contribution in [0.5, 0.6) is 5.75 Å². The third-order valence-electron chi connectivity index (χ3n) is 3.85. The first-order valence-electron chi connectivity index (χ1n) is 7.48. The van der Waals surface area contributed by atoms with E-state index in [1.165, 1.54) is 9.80 Å². The molecule has 7 heteroatoms. The van der Waals surface area contributed by atoms with Gasteiger partial charge in [0, 0.05) is 0 Å². The highest BCUT2D eigenvalue weighted by Gasteiger charge is 2.37. The number of amides is 2. The molecule has 1 N–H and O–H groups in total. The SMILES string of the molecule is COc1cccc(/C=C2\SC(=O)N(C[NH+]3CCOCC3)C2=O)c1. The number of hydrogen-bond donors (Lipinski definition) is 1. The van der Waals surface area contributed by atoms with Gasteiger partial charge in [0.05, 0.1) is 25.2 Å². The first kappa shape index (κ1) is 16.0. The first-order valence-corrected chi connectivity index (χ1v) is 8.30. The van der Waals surface area contributed by atoms with Gasteiger partial charge in [-0.2, -0.15) is 0 Å². The number of rotatable bonds is 4. The topological polar surface area (TPSA) is 60.3 Å². The van der Waals surface area contributed by atoms with E-state index in [9.17, 15) is 9.59 Å². The average Bonchev–Trinajstić information content (AvgIpc) is 2.83. The molecule has 0 aromatic heterocycles. The number of carbonyl (C=O) groups excluding carboxylic acids is 2. The number of quaternary nitrogens is 1. The summed E-state index contributed by atoms with van der Waals surface area (Å²) in [5.41, 5.74) is 0.841. The van der Waals surface area contributed by atoms with Crippen molar-refractivity contribution in [3.63, 3.8) is 0 Å². The molecule has 23 heavy (non-hydrogen) atoms. The van der Waals surface area contributed by atoms with Crippen LogP contribution in [0.25, 0.3) is 6.08 Å². The fourth-order valence-electron chi connectivity index (χ4n) is 2.56. The lowest BCUT2D eigenvalue weighted by Gasteiger charge is -2.26. The minimum atomic E-state index is -0.221. The highest BCUT2D eigenvalue weighted by Crippen LogP contribution is 2.31. The van der Waals surface area contributed by atoms with Gasteiger partial charge in [-0.15, -0.1) is 0 Å². The minimum absolute atomic E-state index is 0.205. The van der Waals surface area contributed by atoms with Gasteiger partial charge < -0.3 is 14.4 Å². The van der Waals surface area contributed by atoms with Crippen LogP contribution < -0.4 is 9.64 Å². The monoisotopic (exact) mass is 335 g/mol. The number of morpholine rings is 1. The summed E-state index contributed by atoms with van der Waals surface area (Å²) in [6.45, 7) is 3.38. The summed E-state index contributed by atoms with van der Waals surface area (Å²) in [5, 5.41) is -0.205. The van der Waals surface area contributed by atoms with Crippen LogP contribution in [-0.4, -0.2) is 56.1 Å². The summed E-state index contributed by atoms with van der Waals surface area (Å²) < 4.78 is 10.5. The van der Waals surface area contributed by atoms with E-state index < -0.39 is 0 Å². The fourth-order valence-corrected chi connectivity index (χ4v) is 3.40. The van der Waals surface area contributed by atoms with Crippen molar-refractivity contribution in [2.45, 2.75) is 0 Å². The number of thioether (sulfide) groups is 1. The quantitative estimate of drug-likeness (QED) is 0.817. The molecule has 0 aliphatic carbocycles. The van der Waals surface area contributed by atoms with Gasteiger partial charge in [-0.05, 0) is 35.5 Å². The molecule has 0 bridgehead atoms. The van der Waals surface area contributed by atoms with Crippen LogP contribution >= 0.6 is 11.8 Å². The second-order valence-electron chi connectivity index (χ2n) is 5.41. The number of ether oxygens (including phenoxy) is 2. The van der Waals surface area contributed by atoms with Gasteiger partial charge in [0.1, 0.15) is 18.8 Å². The van der Waals surface area contributed by atoms with Crippen molar-refractivity contribution in [2.75, 3.05) is 40.1 Å². The summed E-state index contributed by atoms with van der Waals surface area (Å²) in [5.74, 6) is 0.498. The molecule has 2 heterocycles. The van der Waals surface area contributed by atoms with Crippen LogP contribution in [-0.2, 0) is 9.53 Å². The predicted octanol–water partition coefficient (Wildman–Crippen LogP) is 0.604.